The minimum absolute atomic E-state index is 0.694. The van der Waals surface area contributed by atoms with Crippen molar-refractivity contribution in [1.29, 1.82) is 0 Å². The maximum Gasteiger partial charge on any atom is 0.135 e. The Morgan fingerprint density at radius 3 is 2.86 bits per heavy atom. The van der Waals surface area contributed by atoms with Crippen LogP contribution >= 0.6 is 0 Å². The highest BCUT2D eigenvalue weighted by Gasteiger charge is 2.06. The molecule has 1 N–H and O–H groups in total. The monoisotopic (exact) mass is 279 g/mol. The Morgan fingerprint density at radius 1 is 1.14 bits per heavy atom. The van der Waals surface area contributed by atoms with Crippen molar-refractivity contribution in [2.45, 2.75) is 6.42 Å². The van der Waals surface area contributed by atoms with Gasteiger partial charge >= 0.3 is 0 Å². The Kier molecular flexibility index (Phi) is 3.69. The minimum Gasteiger partial charge on any atom is -0.497 e. The zero-order chi connectivity index (χ0) is 14.7. The second-order valence-corrected chi connectivity index (χ2v) is 4.79. The predicted octanol–water partition coefficient (Wildman–Crippen LogP) is 3.27. The van der Waals surface area contributed by atoms with Crippen LogP contribution in [0, 0.1) is 0 Å². The van der Waals surface area contributed by atoms with Gasteiger partial charge < -0.3 is 10.1 Å². The van der Waals surface area contributed by atoms with Crippen molar-refractivity contribution in [1.82, 2.24) is 9.97 Å². The maximum absolute atomic E-state index is 5.32. The summed E-state index contributed by atoms with van der Waals surface area (Å²) in [5, 5.41) is 5.41. The lowest BCUT2D eigenvalue weighted by atomic mass is 10.0. The summed E-state index contributed by atoms with van der Waals surface area (Å²) in [4.78, 5) is 8.83. The Hall–Kier alpha value is -2.62. The first-order valence-electron chi connectivity index (χ1n) is 6.85. The summed E-state index contributed by atoms with van der Waals surface area (Å²) in [6.07, 6.45) is 2.47. The van der Waals surface area contributed by atoms with E-state index in [1.54, 1.807) is 13.3 Å². The minimum atomic E-state index is 0.694. The number of nitrogens with one attached hydrogen (secondary N) is 1. The SMILES string of the molecule is CNc1ccnc(Cc2cccc3ccc(OC)cc23)n1. The Morgan fingerprint density at radius 2 is 2.05 bits per heavy atom. The van der Waals surface area contributed by atoms with Crippen molar-refractivity contribution in [2.24, 2.45) is 0 Å². The quantitative estimate of drug-likeness (QED) is 0.796. The third kappa shape index (κ3) is 2.79. The highest BCUT2D eigenvalue weighted by atomic mass is 16.5. The fraction of sp³-hybridized carbons (Fsp3) is 0.176. The van der Waals surface area contributed by atoms with Crippen LogP contribution in [0.15, 0.2) is 48.7 Å². The van der Waals surface area contributed by atoms with Crippen molar-refractivity contribution in [3.05, 3.63) is 60.0 Å². The molecule has 3 aromatic rings. The Balaban J connectivity index is 2.03. The summed E-state index contributed by atoms with van der Waals surface area (Å²) in [7, 11) is 3.54. The summed E-state index contributed by atoms with van der Waals surface area (Å²) in [5.74, 6) is 2.50. The van der Waals surface area contributed by atoms with E-state index in [2.05, 4.69) is 45.6 Å². The normalized spacial score (nSPS) is 10.6. The average molecular weight is 279 g/mol. The van der Waals surface area contributed by atoms with Crippen LogP contribution in [-0.4, -0.2) is 24.1 Å². The van der Waals surface area contributed by atoms with Gasteiger partial charge in [0, 0.05) is 19.7 Å². The molecule has 106 valence electrons. The standard InChI is InChI=1S/C17H17N3O/c1-18-16-8-9-19-17(20-16)10-13-5-3-4-12-6-7-14(21-2)11-15(12)13/h3-9,11H,10H2,1-2H3,(H,18,19,20). The summed E-state index contributed by atoms with van der Waals surface area (Å²) in [6.45, 7) is 0. The molecular formula is C17H17N3O. The van der Waals surface area contributed by atoms with E-state index in [4.69, 9.17) is 4.74 Å². The molecule has 0 radical (unpaired) electrons. The number of anilines is 1. The van der Waals surface area contributed by atoms with Gasteiger partial charge in [0.15, 0.2) is 0 Å². The molecule has 4 nitrogen and oxygen atoms in total. The number of hydrogen-bond donors (Lipinski definition) is 1. The molecule has 0 aliphatic rings. The lowest BCUT2D eigenvalue weighted by Gasteiger charge is -2.08. The molecule has 0 spiro atoms. The van der Waals surface area contributed by atoms with Crippen molar-refractivity contribution < 1.29 is 4.74 Å². The highest BCUT2D eigenvalue weighted by molar-refractivity contribution is 5.87. The van der Waals surface area contributed by atoms with E-state index >= 15 is 0 Å². The molecule has 0 saturated heterocycles. The first-order valence-corrected chi connectivity index (χ1v) is 6.85. The summed E-state index contributed by atoms with van der Waals surface area (Å²) >= 11 is 0. The molecular weight excluding hydrogens is 262 g/mol. The fourth-order valence-corrected chi connectivity index (χ4v) is 2.39. The molecule has 0 atom stereocenters. The fourth-order valence-electron chi connectivity index (χ4n) is 2.39. The topological polar surface area (TPSA) is 47.0 Å². The van der Waals surface area contributed by atoms with Crippen molar-refractivity contribution >= 4 is 16.6 Å². The van der Waals surface area contributed by atoms with Gasteiger partial charge in [0.2, 0.25) is 0 Å². The molecule has 0 aliphatic heterocycles. The van der Waals surface area contributed by atoms with Crippen LogP contribution in [0.3, 0.4) is 0 Å². The molecule has 21 heavy (non-hydrogen) atoms. The summed E-state index contributed by atoms with van der Waals surface area (Å²) in [5.41, 5.74) is 1.19. The van der Waals surface area contributed by atoms with Crippen LogP contribution in [0.25, 0.3) is 10.8 Å². The van der Waals surface area contributed by atoms with E-state index in [9.17, 15) is 0 Å². The maximum atomic E-state index is 5.32. The molecule has 0 fully saturated rings. The van der Waals surface area contributed by atoms with Gasteiger partial charge in [-0.25, -0.2) is 9.97 Å². The van der Waals surface area contributed by atoms with E-state index in [0.717, 1.165) is 17.4 Å². The van der Waals surface area contributed by atoms with E-state index < -0.39 is 0 Å². The van der Waals surface area contributed by atoms with Gasteiger partial charge in [-0.15, -0.1) is 0 Å². The number of rotatable bonds is 4. The number of fused-ring (bicyclic) bond motifs is 1. The highest BCUT2D eigenvalue weighted by Crippen LogP contribution is 2.25. The van der Waals surface area contributed by atoms with Crippen molar-refractivity contribution in [3.8, 4) is 5.75 Å². The van der Waals surface area contributed by atoms with Gasteiger partial charge in [-0.05, 0) is 34.5 Å². The van der Waals surface area contributed by atoms with Gasteiger partial charge in [0.05, 0.1) is 7.11 Å². The first-order chi connectivity index (χ1) is 10.3. The molecule has 0 aliphatic carbocycles. The van der Waals surface area contributed by atoms with Crippen molar-refractivity contribution in [3.63, 3.8) is 0 Å². The molecule has 3 rings (SSSR count). The first kappa shape index (κ1) is 13.4. The second-order valence-electron chi connectivity index (χ2n) is 4.79. The molecule has 0 bridgehead atoms. The van der Waals surface area contributed by atoms with Crippen LogP contribution < -0.4 is 10.1 Å². The van der Waals surface area contributed by atoms with Gasteiger partial charge in [-0.3, -0.25) is 0 Å². The van der Waals surface area contributed by atoms with E-state index in [1.165, 1.54) is 16.3 Å². The lowest BCUT2D eigenvalue weighted by Crippen LogP contribution is -2.00. The van der Waals surface area contributed by atoms with Gasteiger partial charge in [0.25, 0.3) is 0 Å². The summed E-state index contributed by atoms with van der Waals surface area (Å²) < 4.78 is 5.32. The number of hydrogen-bond acceptors (Lipinski definition) is 4. The largest absolute Gasteiger partial charge is 0.497 e. The van der Waals surface area contributed by atoms with Crippen LogP contribution in [0.5, 0.6) is 5.75 Å². The number of aromatic nitrogens is 2. The van der Waals surface area contributed by atoms with Gasteiger partial charge in [0.1, 0.15) is 17.4 Å². The molecule has 2 aromatic carbocycles. The lowest BCUT2D eigenvalue weighted by molar-refractivity contribution is 0.415. The van der Waals surface area contributed by atoms with E-state index in [1.807, 2.05) is 19.2 Å². The zero-order valence-electron chi connectivity index (χ0n) is 12.1. The molecule has 1 aromatic heterocycles. The summed E-state index contributed by atoms with van der Waals surface area (Å²) in [6, 6.07) is 14.2. The second kappa shape index (κ2) is 5.79. The van der Waals surface area contributed by atoms with Crippen LogP contribution in [0.4, 0.5) is 5.82 Å². The van der Waals surface area contributed by atoms with E-state index in [-0.39, 0.29) is 0 Å². The zero-order valence-corrected chi connectivity index (χ0v) is 12.1. The molecule has 0 unspecified atom stereocenters. The van der Waals surface area contributed by atoms with Gasteiger partial charge in [-0.1, -0.05) is 24.3 Å². The van der Waals surface area contributed by atoms with Crippen LogP contribution in [0.1, 0.15) is 11.4 Å². The number of nitrogens with zero attached hydrogens (tertiary/aromatic N) is 2. The third-order valence-electron chi connectivity index (χ3n) is 3.49. The number of benzene rings is 2. The molecule has 0 saturated carbocycles. The smallest absolute Gasteiger partial charge is 0.135 e. The molecule has 1 heterocycles. The Bertz CT molecular complexity index is 771. The van der Waals surface area contributed by atoms with Crippen molar-refractivity contribution in [2.75, 3.05) is 19.5 Å². The predicted molar refractivity (Wildman–Crippen MR) is 84.9 cm³/mol. The van der Waals surface area contributed by atoms with Crippen LogP contribution in [-0.2, 0) is 6.42 Å². The molecule has 4 heteroatoms. The molecule has 0 amide bonds. The van der Waals surface area contributed by atoms with E-state index in [0.29, 0.717) is 6.42 Å². The van der Waals surface area contributed by atoms with Gasteiger partial charge in [-0.2, -0.15) is 0 Å². The van der Waals surface area contributed by atoms with Crippen LogP contribution in [0.2, 0.25) is 0 Å². The number of methoxy groups -OCH3 is 1. The average Bonchev–Trinajstić information content (AvgIpc) is 2.55. The number of ether oxygens (including phenoxy) is 1. The Labute approximate surface area is 123 Å². The third-order valence-corrected chi connectivity index (χ3v) is 3.49.